The van der Waals surface area contributed by atoms with Crippen molar-refractivity contribution in [1.29, 1.82) is 0 Å². The highest BCUT2D eigenvalue weighted by Crippen LogP contribution is 2.38. The molecule has 1 atom stereocenters. The van der Waals surface area contributed by atoms with Crippen molar-refractivity contribution in [3.63, 3.8) is 0 Å². The van der Waals surface area contributed by atoms with Crippen LogP contribution in [0.25, 0.3) is 22.1 Å². The first-order chi connectivity index (χ1) is 13.7. The first kappa shape index (κ1) is 16.2. The molecule has 0 saturated heterocycles. The first-order valence-corrected chi connectivity index (χ1v) is 9.82. The molecular weight excluding hydrogens is 391 g/mol. The number of para-hydroxylation sites is 4. The second kappa shape index (κ2) is 5.84. The zero-order chi connectivity index (χ0) is 18.8. The standard InChI is InChI=1S/C22H14Cl2N4/c23-14-10-9-13(11-15(14)24)21-22-26-16-5-1-3-7-18(16)27(22)12-20-25-17-6-2-4-8-19(17)28(20)21/h1-11,21H,12H2. The van der Waals surface area contributed by atoms with Gasteiger partial charge in [0.2, 0.25) is 0 Å². The van der Waals surface area contributed by atoms with E-state index >= 15 is 0 Å². The van der Waals surface area contributed by atoms with Crippen LogP contribution in [0.5, 0.6) is 0 Å². The van der Waals surface area contributed by atoms with Gasteiger partial charge in [-0.3, -0.25) is 0 Å². The lowest BCUT2D eigenvalue weighted by molar-refractivity contribution is 0.523. The van der Waals surface area contributed by atoms with Gasteiger partial charge >= 0.3 is 0 Å². The third-order valence-electron chi connectivity index (χ3n) is 5.41. The molecule has 0 amide bonds. The van der Waals surface area contributed by atoms with Gasteiger partial charge in [-0.15, -0.1) is 0 Å². The molecule has 1 unspecified atom stereocenters. The second-order valence-electron chi connectivity index (χ2n) is 7.01. The molecule has 1 aliphatic heterocycles. The van der Waals surface area contributed by atoms with E-state index in [9.17, 15) is 0 Å². The minimum absolute atomic E-state index is 0.127. The van der Waals surface area contributed by atoms with Crippen LogP contribution in [0.2, 0.25) is 10.0 Å². The molecule has 3 aromatic carbocycles. The van der Waals surface area contributed by atoms with E-state index in [1.165, 1.54) is 0 Å². The number of benzene rings is 3. The molecular formula is C22H14Cl2N4. The Hall–Kier alpha value is -2.82. The average Bonchev–Trinajstić information content (AvgIpc) is 3.26. The smallest absolute Gasteiger partial charge is 0.138 e. The van der Waals surface area contributed by atoms with Crippen LogP contribution in [-0.4, -0.2) is 19.1 Å². The number of nitrogens with zero attached hydrogens (tertiary/aromatic N) is 4. The Morgan fingerprint density at radius 2 is 1.50 bits per heavy atom. The lowest BCUT2D eigenvalue weighted by Gasteiger charge is -2.28. The zero-order valence-corrected chi connectivity index (χ0v) is 16.2. The van der Waals surface area contributed by atoms with Crippen molar-refractivity contribution in [1.82, 2.24) is 19.1 Å². The molecule has 0 fully saturated rings. The minimum atomic E-state index is -0.127. The molecule has 28 heavy (non-hydrogen) atoms. The van der Waals surface area contributed by atoms with Crippen LogP contribution in [-0.2, 0) is 6.54 Å². The zero-order valence-electron chi connectivity index (χ0n) is 14.7. The van der Waals surface area contributed by atoms with Crippen molar-refractivity contribution in [3.8, 4) is 0 Å². The summed E-state index contributed by atoms with van der Waals surface area (Å²) < 4.78 is 4.53. The molecule has 0 spiro atoms. The largest absolute Gasteiger partial charge is 0.318 e. The van der Waals surface area contributed by atoms with Gasteiger partial charge < -0.3 is 9.13 Å². The Kier molecular flexibility index (Phi) is 3.37. The molecule has 4 nitrogen and oxygen atoms in total. The van der Waals surface area contributed by atoms with Gasteiger partial charge in [0.05, 0.1) is 38.7 Å². The normalized spacial score (nSPS) is 15.7. The minimum Gasteiger partial charge on any atom is -0.318 e. The van der Waals surface area contributed by atoms with Gasteiger partial charge in [-0.2, -0.15) is 0 Å². The number of aromatic nitrogens is 4. The van der Waals surface area contributed by atoms with Crippen molar-refractivity contribution in [2.75, 3.05) is 0 Å². The molecule has 0 N–H and O–H groups in total. The average molecular weight is 405 g/mol. The first-order valence-electron chi connectivity index (χ1n) is 9.06. The number of rotatable bonds is 1. The van der Waals surface area contributed by atoms with E-state index in [0.29, 0.717) is 16.6 Å². The summed E-state index contributed by atoms with van der Waals surface area (Å²) in [5.41, 5.74) is 5.21. The number of hydrogen-bond donors (Lipinski definition) is 0. The summed E-state index contributed by atoms with van der Waals surface area (Å²) in [7, 11) is 0. The van der Waals surface area contributed by atoms with Gasteiger partial charge in [-0.1, -0.05) is 53.5 Å². The number of fused-ring (bicyclic) bond motifs is 6. The van der Waals surface area contributed by atoms with Crippen LogP contribution in [0.3, 0.4) is 0 Å². The molecule has 1 aliphatic rings. The summed E-state index contributed by atoms with van der Waals surface area (Å²) in [6.45, 7) is 0.683. The fourth-order valence-electron chi connectivity index (χ4n) is 4.20. The highest BCUT2D eigenvalue weighted by molar-refractivity contribution is 6.42. The number of halogens is 2. The molecule has 0 aliphatic carbocycles. The summed E-state index contributed by atoms with van der Waals surface area (Å²) in [6.07, 6.45) is 0. The second-order valence-corrected chi connectivity index (χ2v) is 7.82. The summed E-state index contributed by atoms with van der Waals surface area (Å²) in [5.74, 6) is 1.99. The van der Waals surface area contributed by atoms with Gasteiger partial charge in [0.15, 0.2) is 0 Å². The molecule has 0 bridgehead atoms. The van der Waals surface area contributed by atoms with Crippen LogP contribution in [0, 0.1) is 0 Å². The third-order valence-corrected chi connectivity index (χ3v) is 6.15. The van der Waals surface area contributed by atoms with Crippen LogP contribution in [0.1, 0.15) is 23.3 Å². The third kappa shape index (κ3) is 2.19. The Bertz CT molecular complexity index is 1380. The molecule has 2 aromatic heterocycles. The molecule has 136 valence electrons. The van der Waals surface area contributed by atoms with Crippen LogP contribution < -0.4 is 0 Å². The SMILES string of the molecule is Clc1ccc(C2c3nc4ccccc4n3Cc3nc4ccccc4n32)cc1Cl. The van der Waals surface area contributed by atoms with Crippen molar-refractivity contribution in [2.24, 2.45) is 0 Å². The monoisotopic (exact) mass is 404 g/mol. The van der Waals surface area contributed by atoms with E-state index in [0.717, 1.165) is 39.3 Å². The number of hydrogen-bond acceptors (Lipinski definition) is 2. The summed E-state index contributed by atoms with van der Waals surface area (Å²) in [5, 5.41) is 1.09. The Morgan fingerprint density at radius 1 is 0.786 bits per heavy atom. The maximum absolute atomic E-state index is 6.37. The molecule has 5 aromatic rings. The van der Waals surface area contributed by atoms with Gasteiger partial charge in [-0.25, -0.2) is 9.97 Å². The Morgan fingerprint density at radius 3 is 2.29 bits per heavy atom. The van der Waals surface area contributed by atoms with E-state index in [1.54, 1.807) is 0 Å². The fourth-order valence-corrected chi connectivity index (χ4v) is 4.51. The van der Waals surface area contributed by atoms with Crippen LogP contribution in [0.15, 0.2) is 66.7 Å². The summed E-state index contributed by atoms with van der Waals surface area (Å²) in [4.78, 5) is 9.90. The fraction of sp³-hybridized carbons (Fsp3) is 0.0909. The summed E-state index contributed by atoms with van der Waals surface area (Å²) >= 11 is 12.6. The Labute approximate surface area is 171 Å². The predicted molar refractivity (Wildman–Crippen MR) is 112 cm³/mol. The molecule has 0 radical (unpaired) electrons. The molecule has 0 saturated carbocycles. The van der Waals surface area contributed by atoms with E-state index in [2.05, 4.69) is 21.3 Å². The van der Waals surface area contributed by atoms with Crippen molar-refractivity contribution in [2.45, 2.75) is 12.6 Å². The topological polar surface area (TPSA) is 35.6 Å². The highest BCUT2D eigenvalue weighted by atomic mass is 35.5. The quantitative estimate of drug-likeness (QED) is 0.352. The molecule has 6 rings (SSSR count). The van der Waals surface area contributed by atoms with E-state index < -0.39 is 0 Å². The predicted octanol–water partition coefficient (Wildman–Crippen LogP) is 5.69. The number of imidazole rings is 2. The van der Waals surface area contributed by atoms with Gasteiger partial charge in [0.25, 0.3) is 0 Å². The van der Waals surface area contributed by atoms with E-state index in [-0.39, 0.29) is 6.04 Å². The van der Waals surface area contributed by atoms with Gasteiger partial charge in [0, 0.05) is 0 Å². The van der Waals surface area contributed by atoms with Crippen molar-refractivity contribution in [3.05, 3.63) is 94.0 Å². The van der Waals surface area contributed by atoms with Crippen molar-refractivity contribution < 1.29 is 0 Å². The van der Waals surface area contributed by atoms with E-state index in [4.69, 9.17) is 33.2 Å². The lowest BCUT2D eigenvalue weighted by Crippen LogP contribution is -2.26. The molecule has 3 heterocycles. The van der Waals surface area contributed by atoms with E-state index in [1.807, 2.05) is 54.6 Å². The van der Waals surface area contributed by atoms with Gasteiger partial charge in [-0.05, 0) is 42.0 Å². The maximum Gasteiger partial charge on any atom is 0.138 e. The molecule has 6 heteroatoms. The van der Waals surface area contributed by atoms with Crippen molar-refractivity contribution >= 4 is 45.3 Å². The Balaban J connectivity index is 1.71. The van der Waals surface area contributed by atoms with Gasteiger partial charge in [0.1, 0.15) is 17.7 Å². The van der Waals surface area contributed by atoms with Crippen LogP contribution >= 0.6 is 23.2 Å². The van der Waals surface area contributed by atoms with Crippen LogP contribution in [0.4, 0.5) is 0 Å². The maximum atomic E-state index is 6.37. The lowest BCUT2D eigenvalue weighted by atomic mass is 10.0. The highest BCUT2D eigenvalue weighted by Gasteiger charge is 2.32. The summed E-state index contributed by atoms with van der Waals surface area (Å²) in [6, 6.07) is 22.1.